The number of furan rings is 1. The van der Waals surface area contributed by atoms with Crippen LogP contribution in [0.1, 0.15) is 16.1 Å². The van der Waals surface area contributed by atoms with Crippen LogP contribution < -0.4 is 10.6 Å². The Hall–Kier alpha value is -4.39. The molecule has 0 aliphatic heterocycles. The van der Waals surface area contributed by atoms with Crippen molar-refractivity contribution in [1.82, 2.24) is 19.7 Å². The molecule has 0 aliphatic carbocycles. The Balaban J connectivity index is 1.45. The van der Waals surface area contributed by atoms with Crippen molar-refractivity contribution in [2.45, 2.75) is 6.54 Å². The van der Waals surface area contributed by atoms with Gasteiger partial charge in [0.2, 0.25) is 0 Å². The number of hydrogen-bond donors (Lipinski definition) is 2. The molecule has 7 heteroatoms. The van der Waals surface area contributed by atoms with Crippen molar-refractivity contribution in [3.8, 4) is 11.3 Å². The van der Waals surface area contributed by atoms with Gasteiger partial charge in [0.25, 0.3) is 5.91 Å². The minimum atomic E-state index is -0.175. The molecule has 0 saturated heterocycles. The lowest BCUT2D eigenvalue weighted by Gasteiger charge is -2.10. The van der Waals surface area contributed by atoms with Gasteiger partial charge in [-0.25, -0.2) is 4.98 Å². The molecule has 2 N–H and O–H groups in total. The number of amides is 1. The number of imidazole rings is 1. The molecule has 1 amide bonds. The highest BCUT2D eigenvalue weighted by atomic mass is 16.3. The van der Waals surface area contributed by atoms with Gasteiger partial charge in [-0.05, 0) is 30.3 Å². The van der Waals surface area contributed by atoms with Gasteiger partial charge in [-0.1, -0.05) is 36.4 Å². The van der Waals surface area contributed by atoms with Gasteiger partial charge in [-0.3, -0.25) is 14.2 Å². The van der Waals surface area contributed by atoms with Crippen LogP contribution in [0.15, 0.2) is 96.0 Å². The van der Waals surface area contributed by atoms with Crippen LogP contribution in [0.25, 0.3) is 16.9 Å². The summed E-state index contributed by atoms with van der Waals surface area (Å²) in [4.78, 5) is 21.5. The lowest BCUT2D eigenvalue weighted by molar-refractivity contribution is 0.0948. The highest BCUT2D eigenvalue weighted by Gasteiger charge is 2.15. The third kappa shape index (κ3) is 3.89. The standard InChI is InChI=1S/C24H19N5O2/c30-24(26-15-20-10-5-13-31-20)18-8-4-9-19(14-18)27-23-22(17-6-2-1-3-7-17)28-21-16-25-11-12-29(21)23/h1-14,16,27H,15H2,(H,26,30). The minimum Gasteiger partial charge on any atom is -0.467 e. The molecule has 0 fully saturated rings. The SMILES string of the molecule is O=C(NCc1ccco1)c1cccc(Nc2c(-c3ccccc3)nc3cnccn23)c1. The van der Waals surface area contributed by atoms with E-state index >= 15 is 0 Å². The molecule has 152 valence electrons. The van der Waals surface area contributed by atoms with E-state index in [1.54, 1.807) is 30.8 Å². The highest BCUT2D eigenvalue weighted by Crippen LogP contribution is 2.30. The van der Waals surface area contributed by atoms with E-state index in [1.807, 2.05) is 65.2 Å². The topological polar surface area (TPSA) is 84.5 Å². The lowest BCUT2D eigenvalue weighted by Crippen LogP contribution is -2.22. The van der Waals surface area contributed by atoms with E-state index in [2.05, 4.69) is 15.6 Å². The number of benzene rings is 2. The van der Waals surface area contributed by atoms with Crippen LogP contribution in [0.2, 0.25) is 0 Å². The summed E-state index contributed by atoms with van der Waals surface area (Å²) in [6.07, 6.45) is 6.88. The summed E-state index contributed by atoms with van der Waals surface area (Å²) >= 11 is 0. The van der Waals surface area contributed by atoms with Gasteiger partial charge in [-0.2, -0.15) is 0 Å². The normalized spacial score (nSPS) is 10.8. The highest BCUT2D eigenvalue weighted by molar-refractivity contribution is 5.95. The molecular formula is C24H19N5O2. The summed E-state index contributed by atoms with van der Waals surface area (Å²) < 4.78 is 7.21. The molecule has 7 nitrogen and oxygen atoms in total. The fourth-order valence-corrected chi connectivity index (χ4v) is 3.38. The van der Waals surface area contributed by atoms with Crippen molar-refractivity contribution in [3.63, 3.8) is 0 Å². The zero-order chi connectivity index (χ0) is 21.0. The second-order valence-electron chi connectivity index (χ2n) is 6.95. The van der Waals surface area contributed by atoms with Gasteiger partial charge < -0.3 is 15.1 Å². The number of fused-ring (bicyclic) bond motifs is 1. The van der Waals surface area contributed by atoms with Crippen LogP contribution in [0.5, 0.6) is 0 Å². The van der Waals surface area contributed by atoms with Crippen molar-refractivity contribution in [2.75, 3.05) is 5.32 Å². The summed E-state index contributed by atoms with van der Waals surface area (Å²) in [5.41, 5.74) is 3.85. The maximum atomic E-state index is 12.6. The van der Waals surface area contributed by atoms with E-state index in [0.29, 0.717) is 17.9 Å². The molecule has 0 radical (unpaired) electrons. The average molecular weight is 409 g/mol. The summed E-state index contributed by atoms with van der Waals surface area (Å²) in [5, 5.41) is 6.30. The number of rotatable bonds is 6. The summed E-state index contributed by atoms with van der Waals surface area (Å²) in [7, 11) is 0. The van der Waals surface area contributed by atoms with Crippen molar-refractivity contribution in [1.29, 1.82) is 0 Å². The van der Waals surface area contributed by atoms with Gasteiger partial charge in [-0.15, -0.1) is 0 Å². The monoisotopic (exact) mass is 409 g/mol. The first kappa shape index (κ1) is 18.6. The van der Waals surface area contributed by atoms with E-state index in [0.717, 1.165) is 28.4 Å². The smallest absolute Gasteiger partial charge is 0.251 e. The number of carbonyl (C=O) groups is 1. The fraction of sp³-hybridized carbons (Fsp3) is 0.0417. The van der Waals surface area contributed by atoms with Crippen LogP contribution >= 0.6 is 0 Å². The molecule has 0 atom stereocenters. The van der Waals surface area contributed by atoms with Crippen LogP contribution in [0, 0.1) is 0 Å². The van der Waals surface area contributed by atoms with Crippen molar-refractivity contribution < 1.29 is 9.21 Å². The maximum Gasteiger partial charge on any atom is 0.251 e. The quantitative estimate of drug-likeness (QED) is 0.426. The summed E-state index contributed by atoms with van der Waals surface area (Å²) in [5.74, 6) is 1.33. The molecule has 3 heterocycles. The average Bonchev–Trinajstić information content (AvgIpc) is 3.47. The Morgan fingerprint density at radius 3 is 2.77 bits per heavy atom. The number of anilines is 2. The van der Waals surface area contributed by atoms with E-state index < -0.39 is 0 Å². The molecule has 0 aliphatic rings. The Morgan fingerprint density at radius 1 is 1.03 bits per heavy atom. The molecule has 0 unspecified atom stereocenters. The molecule has 0 bridgehead atoms. The predicted octanol–water partition coefficient (Wildman–Crippen LogP) is 4.66. The van der Waals surface area contributed by atoms with Gasteiger partial charge in [0.15, 0.2) is 5.65 Å². The molecule has 2 aromatic carbocycles. The molecule has 0 spiro atoms. The maximum absolute atomic E-state index is 12.6. The second-order valence-corrected chi connectivity index (χ2v) is 6.95. The Morgan fingerprint density at radius 2 is 1.94 bits per heavy atom. The van der Waals surface area contributed by atoms with Gasteiger partial charge >= 0.3 is 0 Å². The number of nitrogens with zero attached hydrogens (tertiary/aromatic N) is 3. The minimum absolute atomic E-state index is 0.175. The number of nitrogens with one attached hydrogen (secondary N) is 2. The molecular weight excluding hydrogens is 390 g/mol. The Labute approximate surface area is 178 Å². The number of aromatic nitrogens is 3. The van der Waals surface area contributed by atoms with Crippen molar-refractivity contribution in [2.24, 2.45) is 0 Å². The number of carbonyl (C=O) groups excluding carboxylic acids is 1. The van der Waals surface area contributed by atoms with Crippen molar-refractivity contribution >= 4 is 23.1 Å². The largest absolute Gasteiger partial charge is 0.467 e. The molecule has 5 aromatic rings. The van der Waals surface area contributed by atoms with E-state index in [-0.39, 0.29) is 5.91 Å². The second kappa shape index (κ2) is 8.16. The van der Waals surface area contributed by atoms with E-state index in [4.69, 9.17) is 9.40 Å². The fourth-order valence-electron chi connectivity index (χ4n) is 3.38. The zero-order valence-corrected chi connectivity index (χ0v) is 16.5. The van der Waals surface area contributed by atoms with Gasteiger partial charge in [0.1, 0.15) is 17.3 Å². The Bertz CT molecular complexity index is 1330. The predicted molar refractivity (Wildman–Crippen MR) is 118 cm³/mol. The summed E-state index contributed by atoms with van der Waals surface area (Å²) in [6, 6.07) is 20.9. The lowest BCUT2D eigenvalue weighted by atomic mass is 10.1. The van der Waals surface area contributed by atoms with Crippen molar-refractivity contribution in [3.05, 3.63) is 103 Å². The first-order valence-corrected chi connectivity index (χ1v) is 9.83. The zero-order valence-electron chi connectivity index (χ0n) is 16.5. The van der Waals surface area contributed by atoms with Crippen LogP contribution in [-0.4, -0.2) is 20.3 Å². The third-order valence-electron chi connectivity index (χ3n) is 4.87. The number of hydrogen-bond acceptors (Lipinski definition) is 5. The molecule has 31 heavy (non-hydrogen) atoms. The molecule has 5 rings (SSSR count). The Kier molecular flexibility index (Phi) is 4.90. The van der Waals surface area contributed by atoms with Crippen LogP contribution in [0.3, 0.4) is 0 Å². The third-order valence-corrected chi connectivity index (χ3v) is 4.87. The van der Waals surface area contributed by atoms with E-state index in [1.165, 1.54) is 0 Å². The first-order valence-electron chi connectivity index (χ1n) is 9.83. The first-order chi connectivity index (χ1) is 15.3. The molecule has 3 aromatic heterocycles. The van der Waals surface area contributed by atoms with Gasteiger partial charge in [0, 0.05) is 29.2 Å². The van der Waals surface area contributed by atoms with Gasteiger partial charge in [0.05, 0.1) is 19.0 Å². The molecule has 0 saturated carbocycles. The van der Waals surface area contributed by atoms with Crippen LogP contribution in [-0.2, 0) is 6.54 Å². The van der Waals surface area contributed by atoms with E-state index in [9.17, 15) is 4.79 Å². The van der Waals surface area contributed by atoms with Crippen LogP contribution in [0.4, 0.5) is 11.5 Å². The summed E-state index contributed by atoms with van der Waals surface area (Å²) in [6.45, 7) is 0.335.